The zero-order valence-electron chi connectivity index (χ0n) is 28.3. The van der Waals surface area contributed by atoms with Crippen molar-refractivity contribution >= 4 is 16.4 Å². The maximum Gasteiger partial charge on any atom is 0.397 e. The summed E-state index contributed by atoms with van der Waals surface area (Å²) < 4.78 is 58.3. The van der Waals surface area contributed by atoms with Crippen molar-refractivity contribution in [3.8, 4) is 0 Å². The predicted octanol–water partition coefficient (Wildman–Crippen LogP) is 5.12. The minimum absolute atomic E-state index is 0.0253. The molecule has 0 aliphatic carbocycles. The zero-order valence-corrected chi connectivity index (χ0v) is 29.1. The lowest BCUT2D eigenvalue weighted by Crippen LogP contribution is -2.60. The van der Waals surface area contributed by atoms with E-state index in [1.807, 2.05) is 0 Å². The van der Waals surface area contributed by atoms with Gasteiger partial charge in [-0.25, -0.2) is 4.18 Å². The number of allylic oxidation sites excluding steroid dienone is 6. The van der Waals surface area contributed by atoms with Crippen LogP contribution in [-0.4, -0.2) is 97.5 Å². The lowest BCUT2D eigenvalue weighted by atomic mass is 9.99. The Hall–Kier alpha value is -1.68. The van der Waals surface area contributed by atoms with E-state index in [0.717, 1.165) is 70.6 Å². The first kappa shape index (κ1) is 43.3. The molecule has 0 aromatic carbocycles. The number of unbranched alkanes of at least 4 members (excludes halogenated alkanes) is 9. The van der Waals surface area contributed by atoms with Gasteiger partial charge < -0.3 is 34.3 Å². The summed E-state index contributed by atoms with van der Waals surface area (Å²) in [7, 11) is -5.05. The van der Waals surface area contributed by atoms with Crippen molar-refractivity contribution in [1.82, 2.24) is 0 Å². The summed E-state index contributed by atoms with van der Waals surface area (Å²) >= 11 is 0. The molecule has 12 nitrogen and oxygen atoms in total. The second-order valence-electron chi connectivity index (χ2n) is 11.7. The third-order valence-corrected chi connectivity index (χ3v) is 7.99. The monoisotopic (exact) mass is 692 g/mol. The Morgan fingerprint density at radius 2 is 1.47 bits per heavy atom. The Labute approximate surface area is 282 Å². The van der Waals surface area contributed by atoms with Crippen LogP contribution < -0.4 is 0 Å². The number of carbonyl (C=O) groups excluding carboxylic acids is 1. The van der Waals surface area contributed by atoms with Crippen LogP contribution >= 0.6 is 0 Å². The number of aliphatic hydroxyl groups is 3. The highest BCUT2D eigenvalue weighted by Crippen LogP contribution is 2.26. The van der Waals surface area contributed by atoms with E-state index in [4.69, 9.17) is 23.5 Å². The lowest BCUT2D eigenvalue weighted by molar-refractivity contribution is -0.301. The molecule has 1 aliphatic rings. The van der Waals surface area contributed by atoms with Crippen molar-refractivity contribution in [2.75, 3.05) is 26.4 Å². The molecule has 1 saturated heterocycles. The van der Waals surface area contributed by atoms with Crippen LogP contribution in [0.15, 0.2) is 36.5 Å². The SMILES string of the molecule is CC/C=C\C/C=C\C/C=C\CCCCCCCCOCC(COC1OC(CO)C(O)C(OS(=O)(=O)O)C1O)OC(=O)CCCCCC. The van der Waals surface area contributed by atoms with Crippen LogP contribution in [0.25, 0.3) is 0 Å². The van der Waals surface area contributed by atoms with Gasteiger partial charge in [0.05, 0.1) is 19.8 Å². The Morgan fingerprint density at radius 1 is 0.830 bits per heavy atom. The van der Waals surface area contributed by atoms with E-state index in [1.54, 1.807) is 0 Å². The summed E-state index contributed by atoms with van der Waals surface area (Å²) in [4.78, 5) is 12.5. The third kappa shape index (κ3) is 21.8. The van der Waals surface area contributed by atoms with Gasteiger partial charge in [0.25, 0.3) is 0 Å². The smallest absolute Gasteiger partial charge is 0.397 e. The van der Waals surface area contributed by atoms with Crippen molar-refractivity contribution in [2.45, 2.75) is 147 Å². The van der Waals surface area contributed by atoms with E-state index in [0.29, 0.717) is 13.0 Å². The van der Waals surface area contributed by atoms with Crippen molar-refractivity contribution < 1.29 is 56.2 Å². The topological polar surface area (TPSA) is 178 Å². The Balaban J connectivity index is 2.44. The molecule has 0 saturated carbocycles. The highest BCUT2D eigenvalue weighted by molar-refractivity contribution is 7.80. The third-order valence-electron chi connectivity index (χ3n) is 7.53. The van der Waals surface area contributed by atoms with E-state index < -0.39 is 59.8 Å². The number of aliphatic hydroxyl groups excluding tert-OH is 3. The fraction of sp³-hybridized carbons (Fsp3) is 0.794. The van der Waals surface area contributed by atoms with Gasteiger partial charge in [0.2, 0.25) is 0 Å². The standard InChI is InChI=1S/C34H60O12S/c1-3-5-7-9-10-11-12-13-14-15-16-17-18-19-20-22-24-42-26-28(44-30(36)23-21-8-6-4-2)27-43-34-32(38)33(46-47(39,40)41)31(37)29(25-35)45-34/h5,7,10-11,13-14,28-29,31-35,37-38H,3-4,6,8-9,12,15-27H2,1-2H3,(H,39,40,41)/b7-5-,11-10-,14-13-. The van der Waals surface area contributed by atoms with Crippen molar-refractivity contribution in [3.05, 3.63) is 36.5 Å². The van der Waals surface area contributed by atoms with Gasteiger partial charge in [-0.1, -0.05) is 95.2 Å². The van der Waals surface area contributed by atoms with Crippen LogP contribution in [0.3, 0.4) is 0 Å². The number of hydrogen-bond donors (Lipinski definition) is 4. The minimum Gasteiger partial charge on any atom is -0.457 e. The molecule has 0 bridgehead atoms. The van der Waals surface area contributed by atoms with Gasteiger partial charge in [-0.05, 0) is 44.9 Å². The van der Waals surface area contributed by atoms with E-state index in [1.165, 1.54) is 12.8 Å². The molecule has 6 atom stereocenters. The molecule has 1 aliphatic heterocycles. The van der Waals surface area contributed by atoms with Gasteiger partial charge in [-0.15, -0.1) is 0 Å². The molecule has 0 radical (unpaired) electrons. The molecule has 0 amide bonds. The fourth-order valence-corrected chi connectivity index (χ4v) is 5.43. The molecule has 1 fully saturated rings. The summed E-state index contributed by atoms with van der Waals surface area (Å²) in [6.45, 7) is 3.66. The Morgan fingerprint density at radius 3 is 2.13 bits per heavy atom. The molecule has 1 heterocycles. The first-order valence-corrected chi connectivity index (χ1v) is 18.6. The number of ether oxygens (including phenoxy) is 4. The lowest BCUT2D eigenvalue weighted by Gasteiger charge is -2.41. The second kappa shape index (κ2) is 27.2. The van der Waals surface area contributed by atoms with E-state index in [2.05, 4.69) is 54.5 Å². The molecule has 0 aromatic rings. The summed E-state index contributed by atoms with van der Waals surface area (Å²) in [6, 6.07) is 0. The Bertz CT molecular complexity index is 984. The quantitative estimate of drug-likeness (QED) is 0.0369. The fourth-order valence-electron chi connectivity index (χ4n) is 4.92. The van der Waals surface area contributed by atoms with Crippen LogP contribution in [0.2, 0.25) is 0 Å². The largest absolute Gasteiger partial charge is 0.457 e. The second-order valence-corrected chi connectivity index (χ2v) is 12.8. The summed E-state index contributed by atoms with van der Waals surface area (Å²) in [6.07, 6.45) is 18.4. The first-order valence-electron chi connectivity index (χ1n) is 17.2. The van der Waals surface area contributed by atoms with Gasteiger partial charge in [0.15, 0.2) is 6.29 Å². The maximum atomic E-state index is 12.5. The van der Waals surface area contributed by atoms with E-state index >= 15 is 0 Å². The van der Waals surface area contributed by atoms with Gasteiger partial charge in [0.1, 0.15) is 30.5 Å². The van der Waals surface area contributed by atoms with Crippen molar-refractivity contribution in [1.29, 1.82) is 0 Å². The Kier molecular flexibility index (Phi) is 25.1. The number of hydrogen-bond acceptors (Lipinski definition) is 11. The normalized spacial score (nSPS) is 22.9. The van der Waals surface area contributed by atoms with Crippen molar-refractivity contribution in [3.63, 3.8) is 0 Å². The number of carbonyl (C=O) groups is 1. The van der Waals surface area contributed by atoms with Crippen LogP contribution in [0, 0.1) is 0 Å². The summed E-state index contributed by atoms with van der Waals surface area (Å²) in [5.74, 6) is -0.425. The summed E-state index contributed by atoms with van der Waals surface area (Å²) in [5.41, 5.74) is 0. The molecule has 13 heteroatoms. The van der Waals surface area contributed by atoms with E-state index in [-0.39, 0.29) is 19.6 Å². The highest BCUT2D eigenvalue weighted by Gasteiger charge is 2.48. The van der Waals surface area contributed by atoms with Gasteiger partial charge in [-0.3, -0.25) is 9.35 Å². The minimum atomic E-state index is -5.05. The highest BCUT2D eigenvalue weighted by atomic mass is 32.3. The van der Waals surface area contributed by atoms with Crippen LogP contribution in [0.4, 0.5) is 0 Å². The van der Waals surface area contributed by atoms with Crippen LogP contribution in [0.5, 0.6) is 0 Å². The molecule has 4 N–H and O–H groups in total. The maximum absolute atomic E-state index is 12.5. The average molecular weight is 693 g/mol. The molecule has 47 heavy (non-hydrogen) atoms. The summed E-state index contributed by atoms with van der Waals surface area (Å²) in [5, 5.41) is 30.3. The van der Waals surface area contributed by atoms with Gasteiger partial charge in [0, 0.05) is 13.0 Å². The van der Waals surface area contributed by atoms with Gasteiger partial charge >= 0.3 is 16.4 Å². The number of rotatable bonds is 28. The molecule has 274 valence electrons. The van der Waals surface area contributed by atoms with Gasteiger partial charge in [-0.2, -0.15) is 8.42 Å². The van der Waals surface area contributed by atoms with Crippen LogP contribution in [-0.2, 0) is 38.3 Å². The molecule has 0 aromatic heterocycles. The molecule has 6 unspecified atom stereocenters. The number of esters is 1. The first-order chi connectivity index (χ1) is 22.6. The van der Waals surface area contributed by atoms with Crippen LogP contribution in [0.1, 0.15) is 110 Å². The zero-order chi connectivity index (χ0) is 34.8. The molecule has 1 rings (SSSR count). The molecular formula is C34H60O12S. The average Bonchev–Trinajstić information content (AvgIpc) is 3.03. The van der Waals surface area contributed by atoms with E-state index in [9.17, 15) is 28.5 Å². The molecule has 0 spiro atoms. The van der Waals surface area contributed by atoms with Crippen molar-refractivity contribution in [2.24, 2.45) is 0 Å². The molecular weight excluding hydrogens is 632 g/mol. The predicted molar refractivity (Wildman–Crippen MR) is 179 cm³/mol.